The van der Waals surface area contributed by atoms with Crippen molar-refractivity contribution in [1.82, 2.24) is 5.32 Å². The third-order valence-corrected chi connectivity index (χ3v) is 3.75. The number of nitrogens with zero attached hydrogens (tertiary/aromatic N) is 1. The van der Waals surface area contributed by atoms with Crippen LogP contribution in [0.4, 0.5) is 0 Å². The zero-order valence-electron chi connectivity index (χ0n) is 9.31. The molecule has 1 amide bonds. The molecular weight excluding hydrogens is 306 g/mol. The van der Waals surface area contributed by atoms with Crippen LogP contribution in [0.25, 0.3) is 0 Å². The van der Waals surface area contributed by atoms with Gasteiger partial charge in [-0.15, -0.1) is 11.3 Å². The van der Waals surface area contributed by atoms with Crippen molar-refractivity contribution in [2.24, 2.45) is 10.9 Å². The van der Waals surface area contributed by atoms with Crippen LogP contribution in [0.2, 0.25) is 0 Å². The predicted octanol–water partition coefficient (Wildman–Crippen LogP) is 2.16. The van der Waals surface area contributed by atoms with Gasteiger partial charge in [0.05, 0.1) is 9.35 Å². The SMILES string of the molecule is CCC(CC(N)=NO)NC(=O)c1csc(Br)c1. The van der Waals surface area contributed by atoms with E-state index in [0.29, 0.717) is 18.4 Å². The van der Waals surface area contributed by atoms with Gasteiger partial charge in [0.25, 0.3) is 5.91 Å². The Balaban J connectivity index is 2.59. The largest absolute Gasteiger partial charge is 0.409 e. The Labute approximate surface area is 112 Å². The Morgan fingerprint density at radius 1 is 1.76 bits per heavy atom. The Morgan fingerprint density at radius 2 is 2.47 bits per heavy atom. The van der Waals surface area contributed by atoms with Crippen molar-refractivity contribution in [3.05, 3.63) is 20.8 Å². The van der Waals surface area contributed by atoms with Crippen LogP contribution in [0, 0.1) is 0 Å². The van der Waals surface area contributed by atoms with Gasteiger partial charge >= 0.3 is 0 Å². The van der Waals surface area contributed by atoms with E-state index in [1.165, 1.54) is 11.3 Å². The topological polar surface area (TPSA) is 87.7 Å². The smallest absolute Gasteiger partial charge is 0.252 e. The second-order valence-electron chi connectivity index (χ2n) is 3.51. The van der Waals surface area contributed by atoms with Gasteiger partial charge in [0.2, 0.25) is 0 Å². The van der Waals surface area contributed by atoms with Crippen molar-refractivity contribution >= 4 is 39.0 Å². The normalized spacial score (nSPS) is 13.4. The lowest BCUT2D eigenvalue weighted by Crippen LogP contribution is -2.37. The molecule has 4 N–H and O–H groups in total. The quantitative estimate of drug-likeness (QED) is 0.336. The summed E-state index contributed by atoms with van der Waals surface area (Å²) in [7, 11) is 0. The van der Waals surface area contributed by atoms with Crippen LogP contribution >= 0.6 is 27.3 Å². The maximum absolute atomic E-state index is 11.8. The van der Waals surface area contributed by atoms with Gasteiger partial charge in [0.1, 0.15) is 5.84 Å². The Bertz CT molecular complexity index is 419. The zero-order chi connectivity index (χ0) is 12.8. The first-order chi connectivity index (χ1) is 8.06. The van der Waals surface area contributed by atoms with Gasteiger partial charge in [-0.1, -0.05) is 12.1 Å². The van der Waals surface area contributed by atoms with Crippen LogP contribution in [0.15, 0.2) is 20.4 Å². The van der Waals surface area contributed by atoms with E-state index >= 15 is 0 Å². The van der Waals surface area contributed by atoms with Crippen LogP contribution in [-0.2, 0) is 0 Å². The van der Waals surface area contributed by atoms with Crippen LogP contribution in [0.3, 0.4) is 0 Å². The molecule has 1 aromatic rings. The van der Waals surface area contributed by atoms with Crippen molar-refractivity contribution in [3.8, 4) is 0 Å². The van der Waals surface area contributed by atoms with Crippen LogP contribution in [-0.4, -0.2) is 23.0 Å². The van der Waals surface area contributed by atoms with Crippen molar-refractivity contribution in [3.63, 3.8) is 0 Å². The number of thiophene rings is 1. The van der Waals surface area contributed by atoms with Gasteiger partial charge in [-0.3, -0.25) is 4.79 Å². The van der Waals surface area contributed by atoms with E-state index in [4.69, 9.17) is 10.9 Å². The third kappa shape index (κ3) is 4.35. The summed E-state index contributed by atoms with van der Waals surface area (Å²) in [6, 6.07) is 1.63. The lowest BCUT2D eigenvalue weighted by molar-refractivity contribution is 0.0937. The highest BCUT2D eigenvalue weighted by atomic mass is 79.9. The number of amides is 1. The summed E-state index contributed by atoms with van der Waals surface area (Å²) in [5.41, 5.74) is 6.02. The molecule has 7 heteroatoms. The predicted molar refractivity (Wildman–Crippen MR) is 71.6 cm³/mol. The van der Waals surface area contributed by atoms with Gasteiger partial charge in [-0.2, -0.15) is 0 Å². The van der Waals surface area contributed by atoms with Crippen molar-refractivity contribution < 1.29 is 10.0 Å². The molecule has 5 nitrogen and oxygen atoms in total. The molecule has 1 rings (SSSR count). The summed E-state index contributed by atoms with van der Waals surface area (Å²) < 4.78 is 0.909. The molecule has 0 aliphatic rings. The minimum Gasteiger partial charge on any atom is -0.409 e. The first kappa shape index (κ1) is 14.0. The maximum Gasteiger partial charge on any atom is 0.252 e. The average molecular weight is 320 g/mol. The Hall–Kier alpha value is -1.08. The average Bonchev–Trinajstić information content (AvgIpc) is 2.74. The molecule has 0 spiro atoms. The minimum atomic E-state index is -0.149. The number of nitrogens with one attached hydrogen (secondary N) is 1. The minimum absolute atomic E-state index is 0.114. The van der Waals surface area contributed by atoms with E-state index in [-0.39, 0.29) is 17.8 Å². The number of nitrogens with two attached hydrogens (primary N) is 1. The Kier molecular flexibility index (Phi) is 5.43. The molecule has 1 aromatic heterocycles. The highest BCUT2D eigenvalue weighted by Gasteiger charge is 2.14. The summed E-state index contributed by atoms with van der Waals surface area (Å²) in [5.74, 6) is -0.0341. The summed E-state index contributed by atoms with van der Waals surface area (Å²) >= 11 is 4.75. The molecule has 17 heavy (non-hydrogen) atoms. The van der Waals surface area contributed by atoms with E-state index in [1.807, 2.05) is 6.92 Å². The number of carbonyl (C=O) groups excluding carboxylic acids is 1. The molecule has 94 valence electrons. The number of halogens is 1. The van der Waals surface area contributed by atoms with Gasteiger partial charge in [-0.25, -0.2) is 0 Å². The molecule has 0 bridgehead atoms. The first-order valence-electron chi connectivity index (χ1n) is 5.08. The molecule has 0 aliphatic carbocycles. The molecule has 1 unspecified atom stereocenters. The number of oxime groups is 1. The van der Waals surface area contributed by atoms with E-state index in [9.17, 15) is 4.79 Å². The number of hydrogen-bond acceptors (Lipinski definition) is 4. The number of amidine groups is 1. The van der Waals surface area contributed by atoms with E-state index < -0.39 is 0 Å². The maximum atomic E-state index is 11.8. The fourth-order valence-electron chi connectivity index (χ4n) is 1.29. The molecule has 1 atom stereocenters. The van der Waals surface area contributed by atoms with Crippen LogP contribution < -0.4 is 11.1 Å². The lowest BCUT2D eigenvalue weighted by Gasteiger charge is -2.15. The fraction of sp³-hybridized carbons (Fsp3) is 0.400. The lowest BCUT2D eigenvalue weighted by atomic mass is 10.1. The van der Waals surface area contributed by atoms with Crippen molar-refractivity contribution in [1.29, 1.82) is 0 Å². The molecule has 0 saturated heterocycles. The van der Waals surface area contributed by atoms with Gasteiger partial charge < -0.3 is 16.3 Å². The van der Waals surface area contributed by atoms with E-state index in [2.05, 4.69) is 26.4 Å². The van der Waals surface area contributed by atoms with E-state index in [1.54, 1.807) is 11.4 Å². The number of carbonyl (C=O) groups is 1. The second kappa shape index (κ2) is 6.61. The highest BCUT2D eigenvalue weighted by Crippen LogP contribution is 2.20. The second-order valence-corrected chi connectivity index (χ2v) is 5.80. The summed E-state index contributed by atoms with van der Waals surface area (Å²) in [6.07, 6.45) is 1.05. The monoisotopic (exact) mass is 319 g/mol. The number of hydrogen-bond donors (Lipinski definition) is 3. The van der Waals surface area contributed by atoms with Crippen LogP contribution in [0.1, 0.15) is 30.1 Å². The summed E-state index contributed by atoms with van der Waals surface area (Å²) in [4.78, 5) is 11.8. The summed E-state index contributed by atoms with van der Waals surface area (Å²) in [6.45, 7) is 1.93. The molecule has 1 heterocycles. The molecule has 0 fully saturated rings. The van der Waals surface area contributed by atoms with Gasteiger partial charge in [0, 0.05) is 17.8 Å². The molecule has 0 saturated carbocycles. The molecule has 0 aromatic carbocycles. The molecular formula is C10H14BrN3O2S. The fourth-order valence-corrected chi connectivity index (χ4v) is 2.43. The number of rotatable bonds is 5. The summed E-state index contributed by atoms with van der Waals surface area (Å²) in [5, 5.41) is 16.0. The first-order valence-corrected chi connectivity index (χ1v) is 6.75. The zero-order valence-corrected chi connectivity index (χ0v) is 11.7. The highest BCUT2D eigenvalue weighted by molar-refractivity contribution is 9.11. The van der Waals surface area contributed by atoms with Crippen molar-refractivity contribution in [2.45, 2.75) is 25.8 Å². The van der Waals surface area contributed by atoms with Gasteiger partial charge in [0.15, 0.2) is 0 Å². The van der Waals surface area contributed by atoms with Gasteiger partial charge in [-0.05, 0) is 28.4 Å². The third-order valence-electron chi connectivity index (χ3n) is 2.24. The molecule has 0 radical (unpaired) electrons. The van der Waals surface area contributed by atoms with Crippen LogP contribution in [0.5, 0.6) is 0 Å². The van der Waals surface area contributed by atoms with Crippen molar-refractivity contribution in [2.75, 3.05) is 0 Å². The Morgan fingerprint density at radius 3 is 2.94 bits per heavy atom. The van der Waals surface area contributed by atoms with E-state index in [0.717, 1.165) is 3.79 Å². The molecule has 0 aliphatic heterocycles. The standard InChI is InChI=1S/C10H14BrN3O2S/c1-2-7(4-9(12)14-16)13-10(15)6-3-8(11)17-5-6/h3,5,7,16H,2,4H2,1H3,(H2,12,14)(H,13,15).